The van der Waals surface area contributed by atoms with E-state index in [4.69, 9.17) is 0 Å². The quantitative estimate of drug-likeness (QED) is 0.156. The van der Waals surface area contributed by atoms with Gasteiger partial charge in [0.15, 0.2) is 0 Å². The predicted molar refractivity (Wildman–Crippen MR) is 267 cm³/mol. The molecule has 0 N–H and O–H groups in total. The van der Waals surface area contributed by atoms with Crippen molar-refractivity contribution in [3.8, 4) is 55.6 Å². The van der Waals surface area contributed by atoms with E-state index in [2.05, 4.69) is 231 Å². The molecule has 12 aromatic carbocycles. The molecule has 0 nitrogen and oxygen atoms in total. The summed E-state index contributed by atoms with van der Waals surface area (Å²) in [6.07, 6.45) is 0. The number of benzene rings is 12. The Hall–Kier alpha value is -8.06. The van der Waals surface area contributed by atoms with Crippen molar-refractivity contribution in [2.75, 3.05) is 0 Å². The molecule has 0 aromatic heterocycles. The van der Waals surface area contributed by atoms with Crippen LogP contribution in [0.2, 0.25) is 0 Å². The van der Waals surface area contributed by atoms with Crippen LogP contribution in [0.3, 0.4) is 0 Å². The lowest BCUT2D eigenvalue weighted by molar-refractivity contribution is 0.796. The van der Waals surface area contributed by atoms with Gasteiger partial charge in [0, 0.05) is 0 Å². The van der Waals surface area contributed by atoms with E-state index in [0.717, 1.165) is 0 Å². The Kier molecular flexibility index (Phi) is 7.13. The molecule has 0 fully saturated rings. The SMILES string of the molecule is c1ccc2c(c1)-c1ccccc1C21c2cc3ccccc3cc2-c2cc3ccc(-c4c5ccccc5c(-c5ccc(-c6cccc7ccccc67)cc5)c5ccccc45)cc3cc21. The second kappa shape index (κ2) is 13.0. The van der Waals surface area contributed by atoms with Gasteiger partial charge in [0.1, 0.15) is 0 Å². The Morgan fingerprint density at radius 1 is 0.206 bits per heavy atom. The Morgan fingerprint density at radius 2 is 0.619 bits per heavy atom. The highest BCUT2D eigenvalue weighted by Crippen LogP contribution is 2.63. The molecule has 63 heavy (non-hydrogen) atoms. The standard InChI is InChI=1S/C63H38/c1-2-16-43-37-59-55(35-42(43)15-1)56-36-44-32-33-45(34-46(44)38-60(56)63(59)57-26-11-9-19-49(57)50-20-10-12-27-58(50)63)62-53-23-7-5-21-51(53)61(52-22-6-8-24-54(52)62)41-30-28-40(29-31-41)48-25-13-17-39-14-3-4-18-47(39)48/h1-38H. The van der Waals surface area contributed by atoms with Gasteiger partial charge in [-0.1, -0.05) is 200 Å². The lowest BCUT2D eigenvalue weighted by Crippen LogP contribution is -2.25. The number of rotatable bonds is 3. The number of fused-ring (bicyclic) bond motifs is 15. The third-order valence-corrected chi connectivity index (χ3v) is 14.4. The molecule has 0 unspecified atom stereocenters. The van der Waals surface area contributed by atoms with Crippen LogP contribution in [0.25, 0.3) is 109 Å². The first kappa shape index (κ1) is 34.6. The lowest BCUT2D eigenvalue weighted by atomic mass is 9.70. The van der Waals surface area contributed by atoms with E-state index in [1.807, 2.05) is 0 Å². The zero-order valence-electron chi connectivity index (χ0n) is 34.4. The van der Waals surface area contributed by atoms with E-state index >= 15 is 0 Å². The fourth-order valence-corrected chi connectivity index (χ4v) is 11.8. The average Bonchev–Trinajstić information content (AvgIpc) is 3.80. The highest BCUT2D eigenvalue weighted by molar-refractivity contribution is 6.22. The topological polar surface area (TPSA) is 0 Å². The van der Waals surface area contributed by atoms with E-state index in [9.17, 15) is 0 Å². The minimum Gasteiger partial charge on any atom is -0.0619 e. The Balaban J connectivity index is 0.985. The molecule has 0 heterocycles. The van der Waals surface area contributed by atoms with Crippen LogP contribution in [-0.4, -0.2) is 0 Å². The molecule has 2 aliphatic rings. The summed E-state index contributed by atoms with van der Waals surface area (Å²) >= 11 is 0. The zero-order chi connectivity index (χ0) is 41.2. The highest BCUT2D eigenvalue weighted by Gasteiger charge is 2.51. The smallest absolute Gasteiger partial charge is 0.0619 e. The largest absolute Gasteiger partial charge is 0.0725 e. The van der Waals surface area contributed by atoms with E-state index in [0.29, 0.717) is 0 Å². The second-order valence-electron chi connectivity index (χ2n) is 17.5. The molecule has 0 atom stereocenters. The first-order valence-corrected chi connectivity index (χ1v) is 22.1. The molecular formula is C63H38. The van der Waals surface area contributed by atoms with Crippen LogP contribution in [0, 0.1) is 0 Å². The third kappa shape index (κ3) is 4.75. The highest BCUT2D eigenvalue weighted by atomic mass is 14.5. The molecule has 0 aliphatic heterocycles. The summed E-state index contributed by atoms with van der Waals surface area (Å²) in [5, 5.41) is 12.7. The molecule has 0 saturated heterocycles. The maximum atomic E-state index is 2.54. The van der Waals surface area contributed by atoms with Crippen molar-refractivity contribution < 1.29 is 0 Å². The molecular weight excluding hydrogens is 757 g/mol. The third-order valence-electron chi connectivity index (χ3n) is 14.4. The van der Waals surface area contributed by atoms with Crippen molar-refractivity contribution >= 4 is 53.9 Å². The van der Waals surface area contributed by atoms with Crippen molar-refractivity contribution in [2.45, 2.75) is 5.41 Å². The van der Waals surface area contributed by atoms with E-state index in [1.54, 1.807) is 0 Å². The molecule has 0 saturated carbocycles. The fraction of sp³-hybridized carbons (Fsp3) is 0.0159. The van der Waals surface area contributed by atoms with Gasteiger partial charge in [-0.05, 0) is 162 Å². The van der Waals surface area contributed by atoms with Gasteiger partial charge in [-0.2, -0.15) is 0 Å². The number of hydrogen-bond acceptors (Lipinski definition) is 0. The minimum atomic E-state index is -0.420. The Labute approximate surface area is 366 Å². The van der Waals surface area contributed by atoms with Crippen LogP contribution in [0.5, 0.6) is 0 Å². The van der Waals surface area contributed by atoms with Crippen LogP contribution in [0.15, 0.2) is 231 Å². The van der Waals surface area contributed by atoms with Crippen LogP contribution < -0.4 is 0 Å². The monoisotopic (exact) mass is 794 g/mol. The second-order valence-corrected chi connectivity index (χ2v) is 17.5. The van der Waals surface area contributed by atoms with E-state index in [-0.39, 0.29) is 0 Å². The summed E-state index contributed by atoms with van der Waals surface area (Å²) in [5.74, 6) is 0. The van der Waals surface area contributed by atoms with Crippen LogP contribution in [0.4, 0.5) is 0 Å². The predicted octanol–water partition coefficient (Wildman–Crippen LogP) is 16.8. The molecule has 0 amide bonds. The van der Waals surface area contributed by atoms with Gasteiger partial charge in [0.25, 0.3) is 0 Å². The molecule has 0 radical (unpaired) electrons. The molecule has 2 aliphatic carbocycles. The summed E-state index contributed by atoms with van der Waals surface area (Å²) in [6, 6.07) is 86.7. The van der Waals surface area contributed by atoms with Gasteiger partial charge in [-0.15, -0.1) is 0 Å². The molecule has 0 bridgehead atoms. The lowest BCUT2D eigenvalue weighted by Gasteiger charge is -2.30. The van der Waals surface area contributed by atoms with Gasteiger partial charge in [0.2, 0.25) is 0 Å². The summed E-state index contributed by atoms with van der Waals surface area (Å²) in [6.45, 7) is 0. The maximum Gasteiger partial charge on any atom is 0.0725 e. The van der Waals surface area contributed by atoms with Crippen LogP contribution in [0.1, 0.15) is 22.3 Å². The minimum absolute atomic E-state index is 0.420. The molecule has 14 rings (SSSR count). The van der Waals surface area contributed by atoms with Gasteiger partial charge in [-0.25, -0.2) is 0 Å². The van der Waals surface area contributed by atoms with Gasteiger partial charge in [-0.3, -0.25) is 0 Å². The van der Waals surface area contributed by atoms with Crippen molar-refractivity contribution in [1.29, 1.82) is 0 Å². The average molecular weight is 795 g/mol. The summed E-state index contributed by atoms with van der Waals surface area (Å²) in [4.78, 5) is 0. The van der Waals surface area contributed by atoms with Crippen molar-refractivity contribution in [3.05, 3.63) is 253 Å². The molecule has 1 spiro atoms. The molecule has 12 aromatic rings. The van der Waals surface area contributed by atoms with Crippen molar-refractivity contribution in [3.63, 3.8) is 0 Å². The van der Waals surface area contributed by atoms with E-state index < -0.39 is 5.41 Å². The first-order chi connectivity index (χ1) is 31.2. The van der Waals surface area contributed by atoms with Gasteiger partial charge >= 0.3 is 0 Å². The molecule has 290 valence electrons. The van der Waals surface area contributed by atoms with Crippen LogP contribution >= 0.6 is 0 Å². The van der Waals surface area contributed by atoms with Crippen molar-refractivity contribution in [2.24, 2.45) is 0 Å². The normalized spacial score (nSPS) is 13.2. The summed E-state index contributed by atoms with van der Waals surface area (Å²) in [5.41, 5.74) is 17.9. The molecule has 0 heteroatoms. The van der Waals surface area contributed by atoms with Gasteiger partial charge < -0.3 is 0 Å². The van der Waals surface area contributed by atoms with Crippen LogP contribution in [-0.2, 0) is 5.41 Å². The Bertz CT molecular complexity index is 3790. The Morgan fingerprint density at radius 3 is 1.24 bits per heavy atom. The zero-order valence-corrected chi connectivity index (χ0v) is 34.4. The number of hydrogen-bond donors (Lipinski definition) is 0. The van der Waals surface area contributed by atoms with Crippen molar-refractivity contribution in [1.82, 2.24) is 0 Å². The van der Waals surface area contributed by atoms with Gasteiger partial charge in [0.05, 0.1) is 5.41 Å². The maximum absolute atomic E-state index is 2.54. The summed E-state index contributed by atoms with van der Waals surface area (Å²) < 4.78 is 0. The summed E-state index contributed by atoms with van der Waals surface area (Å²) in [7, 11) is 0. The van der Waals surface area contributed by atoms with E-state index in [1.165, 1.54) is 132 Å². The first-order valence-electron chi connectivity index (χ1n) is 22.1. The fourth-order valence-electron chi connectivity index (χ4n) is 11.8.